The van der Waals surface area contributed by atoms with Crippen molar-refractivity contribution in [2.24, 2.45) is 0 Å². The maximum absolute atomic E-state index is 13.1. The molecule has 1 atom stereocenters. The first-order chi connectivity index (χ1) is 14.4. The van der Waals surface area contributed by atoms with E-state index < -0.39 is 17.7 Å². The van der Waals surface area contributed by atoms with Crippen molar-refractivity contribution in [1.29, 1.82) is 0 Å². The van der Waals surface area contributed by atoms with Crippen molar-refractivity contribution in [1.82, 2.24) is 15.2 Å². The minimum Gasteiger partial charge on any atom is -0.465 e. The summed E-state index contributed by atoms with van der Waals surface area (Å²) in [6.45, 7) is 9.26. The number of hydrogen-bond donors (Lipinski definition) is 2. The molecule has 0 bridgehead atoms. The van der Waals surface area contributed by atoms with Gasteiger partial charge in [-0.05, 0) is 52.5 Å². The van der Waals surface area contributed by atoms with Gasteiger partial charge in [0, 0.05) is 31.7 Å². The topological polar surface area (TPSA) is 118 Å². The number of ether oxygens (including phenoxy) is 2. The second-order valence-electron chi connectivity index (χ2n) is 8.82. The highest BCUT2D eigenvalue weighted by atomic mass is 16.6. The third kappa shape index (κ3) is 6.32. The first kappa shape index (κ1) is 24.4. The van der Waals surface area contributed by atoms with Gasteiger partial charge in [-0.2, -0.15) is 0 Å². The van der Waals surface area contributed by atoms with E-state index in [-0.39, 0.29) is 36.3 Å². The average Bonchev–Trinajstić information content (AvgIpc) is 3.00. The van der Waals surface area contributed by atoms with Crippen molar-refractivity contribution in [3.63, 3.8) is 0 Å². The van der Waals surface area contributed by atoms with Crippen LogP contribution in [0.4, 0.5) is 4.79 Å². The number of methoxy groups -OCH3 is 1. The minimum absolute atomic E-state index is 0.0680. The molecule has 1 unspecified atom stereocenters. The van der Waals surface area contributed by atoms with Crippen LogP contribution < -0.4 is 5.32 Å². The fourth-order valence-corrected chi connectivity index (χ4v) is 3.83. The molecule has 2 amide bonds. The van der Waals surface area contributed by atoms with Crippen LogP contribution in [0.25, 0.3) is 0 Å². The van der Waals surface area contributed by atoms with Gasteiger partial charge in [0.2, 0.25) is 5.91 Å². The van der Waals surface area contributed by atoms with Crippen molar-refractivity contribution < 1.29 is 28.7 Å². The molecule has 2 rings (SSSR count). The number of Topliss-reactive ketones (excluding diaryl/α,β-unsaturated/α-hetero) is 1. The zero-order valence-corrected chi connectivity index (χ0v) is 19.2. The normalized spacial score (nSPS) is 16.6. The second kappa shape index (κ2) is 9.98. The number of nitrogens with one attached hydrogen (secondary N) is 2. The standard InChI is InChI=1S/C22H33N3O6/c1-13-18(20(28)30-6)16(24-19(13)14(2)26)11-17(27)25-10-8-7-9-15(25)12-23-21(29)31-22(3,4)5/h15,24H,7-12H2,1-6H3,(H,23,29). The van der Waals surface area contributed by atoms with E-state index >= 15 is 0 Å². The van der Waals surface area contributed by atoms with E-state index in [1.165, 1.54) is 14.0 Å². The zero-order valence-electron chi connectivity index (χ0n) is 19.2. The molecule has 172 valence electrons. The lowest BCUT2D eigenvalue weighted by atomic mass is 10.0. The molecule has 1 fully saturated rings. The number of rotatable bonds is 6. The Morgan fingerprint density at radius 2 is 1.87 bits per heavy atom. The van der Waals surface area contributed by atoms with E-state index in [0.29, 0.717) is 23.5 Å². The summed E-state index contributed by atoms with van der Waals surface area (Å²) in [7, 11) is 1.26. The van der Waals surface area contributed by atoms with Gasteiger partial charge in [-0.1, -0.05) is 0 Å². The van der Waals surface area contributed by atoms with Crippen molar-refractivity contribution in [3.05, 3.63) is 22.5 Å². The number of aromatic nitrogens is 1. The van der Waals surface area contributed by atoms with Gasteiger partial charge in [0.15, 0.2) is 5.78 Å². The summed E-state index contributed by atoms with van der Waals surface area (Å²) in [6, 6.07) is -0.168. The van der Waals surface area contributed by atoms with Gasteiger partial charge < -0.3 is 24.7 Å². The van der Waals surface area contributed by atoms with E-state index in [9.17, 15) is 19.2 Å². The van der Waals surface area contributed by atoms with E-state index in [0.717, 1.165) is 19.3 Å². The number of likely N-dealkylation sites (tertiary alicyclic amines) is 1. The molecule has 0 spiro atoms. The summed E-state index contributed by atoms with van der Waals surface area (Å²) in [5.41, 5.74) is 0.760. The van der Waals surface area contributed by atoms with Crippen molar-refractivity contribution in [3.8, 4) is 0 Å². The molecule has 0 saturated carbocycles. The molecule has 9 heteroatoms. The van der Waals surface area contributed by atoms with Crippen LogP contribution in [-0.2, 0) is 20.7 Å². The molecular weight excluding hydrogens is 402 g/mol. The highest BCUT2D eigenvalue weighted by Crippen LogP contribution is 2.23. The highest BCUT2D eigenvalue weighted by Gasteiger charge is 2.30. The predicted octanol–water partition coefficient (Wildman–Crippen LogP) is 2.76. The average molecular weight is 436 g/mol. The van der Waals surface area contributed by atoms with Gasteiger partial charge in [-0.25, -0.2) is 9.59 Å². The summed E-state index contributed by atoms with van der Waals surface area (Å²) >= 11 is 0. The SMILES string of the molecule is COC(=O)c1c(CC(=O)N2CCCCC2CNC(=O)OC(C)(C)C)[nH]c(C(C)=O)c1C. The Morgan fingerprint density at radius 3 is 2.45 bits per heavy atom. The Labute approximate surface area is 182 Å². The Morgan fingerprint density at radius 1 is 1.19 bits per heavy atom. The second-order valence-corrected chi connectivity index (χ2v) is 8.82. The van der Waals surface area contributed by atoms with Crippen molar-refractivity contribution >= 4 is 23.8 Å². The number of H-pyrrole nitrogens is 1. The van der Waals surface area contributed by atoms with Gasteiger partial charge in [0.1, 0.15) is 5.60 Å². The number of amides is 2. The third-order valence-electron chi connectivity index (χ3n) is 5.23. The summed E-state index contributed by atoms with van der Waals surface area (Å²) < 4.78 is 10.1. The number of ketones is 1. The van der Waals surface area contributed by atoms with Crippen LogP contribution >= 0.6 is 0 Å². The van der Waals surface area contributed by atoms with Crippen LogP contribution in [0.1, 0.15) is 79.1 Å². The van der Waals surface area contributed by atoms with Crippen LogP contribution in [-0.4, -0.2) is 65.5 Å². The first-order valence-electron chi connectivity index (χ1n) is 10.5. The summed E-state index contributed by atoms with van der Waals surface area (Å²) in [6.07, 6.45) is 1.98. The number of nitrogens with zero attached hydrogens (tertiary/aromatic N) is 1. The highest BCUT2D eigenvalue weighted by molar-refractivity contribution is 6.01. The molecule has 9 nitrogen and oxygen atoms in total. The number of aromatic amines is 1. The number of carbonyl (C=O) groups excluding carboxylic acids is 4. The van der Waals surface area contributed by atoms with E-state index in [1.54, 1.807) is 32.6 Å². The molecular formula is C22H33N3O6. The molecule has 1 aliphatic rings. The van der Waals surface area contributed by atoms with E-state index in [1.807, 2.05) is 0 Å². The molecule has 2 heterocycles. The van der Waals surface area contributed by atoms with Crippen LogP contribution in [0.2, 0.25) is 0 Å². The summed E-state index contributed by atoms with van der Waals surface area (Å²) in [5.74, 6) is -0.998. The molecule has 2 N–H and O–H groups in total. The van der Waals surface area contributed by atoms with Gasteiger partial charge in [0.25, 0.3) is 0 Å². The Balaban J connectivity index is 2.15. The maximum Gasteiger partial charge on any atom is 0.407 e. The fraction of sp³-hybridized carbons (Fsp3) is 0.636. The molecule has 1 aromatic heterocycles. The monoisotopic (exact) mass is 435 g/mol. The molecule has 31 heavy (non-hydrogen) atoms. The van der Waals surface area contributed by atoms with Crippen LogP contribution in [0.5, 0.6) is 0 Å². The Hall–Kier alpha value is -2.84. The summed E-state index contributed by atoms with van der Waals surface area (Å²) in [5, 5.41) is 2.74. The maximum atomic E-state index is 13.1. The number of alkyl carbamates (subject to hydrolysis) is 1. The van der Waals surface area contributed by atoms with Crippen molar-refractivity contribution in [2.45, 2.75) is 71.9 Å². The molecule has 0 aromatic carbocycles. The van der Waals surface area contributed by atoms with Gasteiger partial charge in [-0.15, -0.1) is 0 Å². The lowest BCUT2D eigenvalue weighted by Crippen LogP contribution is -2.50. The lowest BCUT2D eigenvalue weighted by Gasteiger charge is -2.36. The smallest absolute Gasteiger partial charge is 0.407 e. The first-order valence-corrected chi connectivity index (χ1v) is 10.5. The summed E-state index contributed by atoms with van der Waals surface area (Å²) in [4.78, 5) is 54.0. The van der Waals surface area contributed by atoms with Crippen LogP contribution in [0, 0.1) is 6.92 Å². The van der Waals surface area contributed by atoms with E-state index in [2.05, 4.69) is 10.3 Å². The Kier molecular flexibility index (Phi) is 7.86. The van der Waals surface area contributed by atoms with Gasteiger partial charge >= 0.3 is 12.1 Å². The number of piperidine rings is 1. The Bertz CT molecular complexity index is 852. The van der Waals surface area contributed by atoms with E-state index in [4.69, 9.17) is 9.47 Å². The van der Waals surface area contributed by atoms with Crippen LogP contribution in [0.15, 0.2) is 0 Å². The lowest BCUT2D eigenvalue weighted by molar-refractivity contribution is -0.134. The number of hydrogen-bond acceptors (Lipinski definition) is 6. The largest absolute Gasteiger partial charge is 0.465 e. The number of carbonyl (C=O) groups is 4. The van der Waals surface area contributed by atoms with Crippen LogP contribution in [0.3, 0.4) is 0 Å². The molecule has 1 aliphatic heterocycles. The minimum atomic E-state index is -0.601. The molecule has 1 saturated heterocycles. The fourth-order valence-electron chi connectivity index (χ4n) is 3.83. The third-order valence-corrected chi connectivity index (χ3v) is 5.23. The van der Waals surface area contributed by atoms with Gasteiger partial charge in [0.05, 0.1) is 24.8 Å². The number of esters is 1. The zero-order chi connectivity index (χ0) is 23.3. The molecule has 1 aromatic rings. The predicted molar refractivity (Wildman–Crippen MR) is 114 cm³/mol. The molecule has 0 aliphatic carbocycles. The molecule has 0 radical (unpaired) electrons. The van der Waals surface area contributed by atoms with Crippen molar-refractivity contribution in [2.75, 3.05) is 20.2 Å². The van der Waals surface area contributed by atoms with Gasteiger partial charge in [-0.3, -0.25) is 9.59 Å². The quantitative estimate of drug-likeness (QED) is 0.524.